The van der Waals surface area contributed by atoms with Gasteiger partial charge in [0.25, 0.3) is 0 Å². The van der Waals surface area contributed by atoms with Crippen molar-refractivity contribution in [1.82, 2.24) is 19.4 Å². The fourth-order valence-electron chi connectivity index (χ4n) is 2.06. The molecular formula is C10H19ClN4O2S. The largest absolute Gasteiger partial charge is 0.317 e. The second-order valence-electron chi connectivity index (χ2n) is 4.35. The van der Waals surface area contributed by atoms with Crippen LogP contribution < -0.4 is 5.32 Å². The number of rotatable bonds is 3. The van der Waals surface area contributed by atoms with Crippen molar-refractivity contribution in [2.24, 2.45) is 7.05 Å². The molecule has 8 heteroatoms. The first-order valence-corrected chi connectivity index (χ1v) is 7.13. The van der Waals surface area contributed by atoms with E-state index in [4.69, 9.17) is 0 Å². The Bertz CT molecular complexity index is 482. The van der Waals surface area contributed by atoms with E-state index in [1.807, 2.05) is 0 Å². The maximum Gasteiger partial charge on any atom is 0.246 e. The summed E-state index contributed by atoms with van der Waals surface area (Å²) in [5, 5.41) is 7.14. The van der Waals surface area contributed by atoms with Crippen molar-refractivity contribution >= 4 is 22.4 Å². The molecule has 1 fully saturated rings. The summed E-state index contributed by atoms with van der Waals surface area (Å²) in [7, 11) is -0.0326. The van der Waals surface area contributed by atoms with E-state index in [9.17, 15) is 8.42 Å². The number of hydrogen-bond donors (Lipinski definition) is 1. The molecule has 0 saturated carbocycles. The molecule has 2 heterocycles. The van der Waals surface area contributed by atoms with Crippen LogP contribution in [0.4, 0.5) is 0 Å². The van der Waals surface area contributed by atoms with E-state index in [1.54, 1.807) is 14.1 Å². The zero-order chi connectivity index (χ0) is 12.5. The monoisotopic (exact) mass is 294 g/mol. The van der Waals surface area contributed by atoms with Gasteiger partial charge >= 0.3 is 0 Å². The topological polar surface area (TPSA) is 67.2 Å². The molecule has 6 nitrogen and oxygen atoms in total. The highest BCUT2D eigenvalue weighted by atomic mass is 35.5. The number of nitrogens with zero attached hydrogens (tertiary/aromatic N) is 3. The standard InChI is InChI=1S/C10H18N4O2S.ClH/c1-13-8-10(7-12-13)17(15,16)14(2)9-3-5-11-6-4-9;/h7-9,11H,3-6H2,1-2H3;1H. The average Bonchev–Trinajstić information content (AvgIpc) is 2.77. The summed E-state index contributed by atoms with van der Waals surface area (Å²) in [6, 6.07) is 0.0847. The molecule has 1 aromatic rings. The van der Waals surface area contributed by atoms with Crippen LogP contribution in [0.2, 0.25) is 0 Å². The van der Waals surface area contributed by atoms with Gasteiger partial charge in [0.15, 0.2) is 0 Å². The molecule has 104 valence electrons. The molecule has 18 heavy (non-hydrogen) atoms. The molecule has 2 rings (SSSR count). The predicted octanol–water partition coefficient (Wildman–Crippen LogP) is 0.214. The first kappa shape index (κ1) is 15.4. The Balaban J connectivity index is 0.00000162. The van der Waals surface area contributed by atoms with E-state index < -0.39 is 10.0 Å². The van der Waals surface area contributed by atoms with Crippen LogP contribution in [0, 0.1) is 0 Å². The van der Waals surface area contributed by atoms with Gasteiger partial charge in [-0.15, -0.1) is 12.4 Å². The van der Waals surface area contributed by atoms with Gasteiger partial charge < -0.3 is 5.32 Å². The summed E-state index contributed by atoms with van der Waals surface area (Å²) < 4.78 is 27.6. The van der Waals surface area contributed by atoms with E-state index in [2.05, 4.69) is 10.4 Å². The maximum absolute atomic E-state index is 12.3. The Morgan fingerprint density at radius 3 is 2.56 bits per heavy atom. The molecule has 0 unspecified atom stereocenters. The van der Waals surface area contributed by atoms with Crippen molar-refractivity contribution in [3.63, 3.8) is 0 Å². The lowest BCUT2D eigenvalue weighted by Gasteiger charge is -2.30. The Labute approximate surface area is 114 Å². The second-order valence-corrected chi connectivity index (χ2v) is 6.35. The fraction of sp³-hybridized carbons (Fsp3) is 0.700. The lowest BCUT2D eigenvalue weighted by molar-refractivity contribution is 0.296. The Hall–Kier alpha value is -0.630. The normalized spacial score (nSPS) is 17.7. The highest BCUT2D eigenvalue weighted by Gasteiger charge is 2.29. The third-order valence-corrected chi connectivity index (χ3v) is 5.04. The van der Waals surface area contributed by atoms with E-state index in [1.165, 1.54) is 21.4 Å². The van der Waals surface area contributed by atoms with E-state index in [0.717, 1.165) is 25.9 Å². The van der Waals surface area contributed by atoms with Gasteiger partial charge in [-0.25, -0.2) is 8.42 Å². The van der Waals surface area contributed by atoms with Crippen LogP contribution in [0.1, 0.15) is 12.8 Å². The number of halogens is 1. The molecule has 0 atom stereocenters. The van der Waals surface area contributed by atoms with Crippen molar-refractivity contribution in [3.05, 3.63) is 12.4 Å². The second kappa shape index (κ2) is 6.01. The number of piperidine rings is 1. The number of nitrogens with one attached hydrogen (secondary N) is 1. The van der Waals surface area contributed by atoms with Crippen molar-refractivity contribution in [1.29, 1.82) is 0 Å². The van der Waals surface area contributed by atoms with Gasteiger partial charge in [0.05, 0.1) is 6.20 Å². The third-order valence-electron chi connectivity index (χ3n) is 3.18. The number of sulfonamides is 1. The van der Waals surface area contributed by atoms with Crippen LogP contribution in [0.5, 0.6) is 0 Å². The summed E-state index contributed by atoms with van der Waals surface area (Å²) in [5.74, 6) is 0. The molecule has 0 spiro atoms. The van der Waals surface area contributed by atoms with Gasteiger partial charge in [0, 0.05) is 26.3 Å². The summed E-state index contributed by atoms with van der Waals surface area (Å²) in [5.41, 5.74) is 0. The van der Waals surface area contributed by atoms with E-state index >= 15 is 0 Å². The highest BCUT2D eigenvalue weighted by molar-refractivity contribution is 7.89. The molecule has 1 aliphatic rings. The molecule has 0 aliphatic carbocycles. The van der Waals surface area contributed by atoms with Gasteiger partial charge in [0.1, 0.15) is 4.90 Å². The first-order valence-electron chi connectivity index (χ1n) is 5.69. The van der Waals surface area contributed by atoms with Gasteiger partial charge in [-0.3, -0.25) is 4.68 Å². The average molecular weight is 295 g/mol. The molecule has 0 bridgehead atoms. The minimum Gasteiger partial charge on any atom is -0.317 e. The van der Waals surface area contributed by atoms with Crippen LogP contribution in [0.15, 0.2) is 17.3 Å². The Morgan fingerprint density at radius 2 is 2.06 bits per heavy atom. The number of aryl methyl sites for hydroxylation is 1. The maximum atomic E-state index is 12.3. The third kappa shape index (κ3) is 3.03. The lowest BCUT2D eigenvalue weighted by Crippen LogP contribution is -2.43. The molecule has 1 aromatic heterocycles. The number of aromatic nitrogens is 2. The molecular weight excluding hydrogens is 276 g/mol. The first-order chi connectivity index (χ1) is 8.01. The van der Waals surface area contributed by atoms with Crippen molar-refractivity contribution in [3.8, 4) is 0 Å². The van der Waals surface area contributed by atoms with E-state index in [0.29, 0.717) is 0 Å². The summed E-state index contributed by atoms with van der Waals surface area (Å²) in [6.07, 6.45) is 4.64. The Morgan fingerprint density at radius 1 is 1.44 bits per heavy atom. The quantitative estimate of drug-likeness (QED) is 0.866. The van der Waals surface area contributed by atoms with Gasteiger partial charge in [-0.1, -0.05) is 0 Å². The number of hydrogen-bond acceptors (Lipinski definition) is 4. The summed E-state index contributed by atoms with van der Waals surface area (Å²) >= 11 is 0. The molecule has 0 amide bonds. The zero-order valence-corrected chi connectivity index (χ0v) is 12.2. The summed E-state index contributed by atoms with van der Waals surface area (Å²) in [6.45, 7) is 1.75. The summed E-state index contributed by atoms with van der Waals surface area (Å²) in [4.78, 5) is 0.265. The fourth-order valence-corrected chi connectivity index (χ4v) is 3.47. The molecule has 1 aliphatic heterocycles. The smallest absolute Gasteiger partial charge is 0.246 e. The van der Waals surface area contributed by atoms with Crippen LogP contribution in [0.3, 0.4) is 0 Å². The van der Waals surface area contributed by atoms with Crippen molar-refractivity contribution < 1.29 is 8.42 Å². The molecule has 0 aromatic carbocycles. The zero-order valence-electron chi connectivity index (χ0n) is 10.5. The van der Waals surface area contributed by atoms with Crippen LogP contribution in [-0.2, 0) is 17.1 Å². The van der Waals surface area contributed by atoms with Crippen LogP contribution >= 0.6 is 12.4 Å². The minimum absolute atomic E-state index is 0. The van der Waals surface area contributed by atoms with Crippen molar-refractivity contribution in [2.75, 3.05) is 20.1 Å². The molecule has 1 saturated heterocycles. The minimum atomic E-state index is -3.40. The Kier molecular flexibility index (Phi) is 5.15. The predicted molar refractivity (Wildman–Crippen MR) is 71.3 cm³/mol. The van der Waals surface area contributed by atoms with Crippen LogP contribution in [-0.4, -0.2) is 48.7 Å². The van der Waals surface area contributed by atoms with Gasteiger partial charge in [-0.05, 0) is 25.9 Å². The lowest BCUT2D eigenvalue weighted by atomic mass is 10.1. The highest BCUT2D eigenvalue weighted by Crippen LogP contribution is 2.19. The van der Waals surface area contributed by atoms with Crippen LogP contribution in [0.25, 0.3) is 0 Å². The van der Waals surface area contributed by atoms with Crippen molar-refractivity contribution in [2.45, 2.75) is 23.8 Å². The molecule has 1 N–H and O–H groups in total. The SMILES string of the molecule is CN(C1CCNCC1)S(=O)(=O)c1cnn(C)c1.Cl. The van der Waals surface area contributed by atoms with Gasteiger partial charge in [0.2, 0.25) is 10.0 Å². The molecule has 0 radical (unpaired) electrons. The van der Waals surface area contributed by atoms with E-state index in [-0.39, 0.29) is 23.3 Å². The van der Waals surface area contributed by atoms with Gasteiger partial charge in [-0.2, -0.15) is 9.40 Å².